The van der Waals surface area contributed by atoms with Gasteiger partial charge in [0.1, 0.15) is 0 Å². The van der Waals surface area contributed by atoms with E-state index in [1.54, 1.807) is 14.0 Å². The van der Waals surface area contributed by atoms with Gasteiger partial charge in [-0.25, -0.2) is 20.2 Å². The molecular weight excluding hydrogens is 247 g/mol. The van der Waals surface area contributed by atoms with Crippen molar-refractivity contribution in [2.45, 2.75) is 13.5 Å². The topological polar surface area (TPSA) is 73.1 Å². The molecule has 0 aliphatic rings. The number of anilines is 1. The minimum atomic E-state index is -0.542. The van der Waals surface area contributed by atoms with Crippen LogP contribution in [0.5, 0.6) is 0 Å². The molecule has 0 fully saturated rings. The summed E-state index contributed by atoms with van der Waals surface area (Å²) in [5.41, 5.74) is 4.26. The molecule has 1 heterocycles. The summed E-state index contributed by atoms with van der Waals surface area (Å²) in [6.07, 6.45) is 0. The molecule has 100 valence electrons. The van der Waals surface area contributed by atoms with Crippen LogP contribution in [-0.4, -0.2) is 17.1 Å². The first-order valence-corrected chi connectivity index (χ1v) is 5.74. The van der Waals surface area contributed by atoms with Crippen molar-refractivity contribution in [3.05, 3.63) is 41.3 Å². The van der Waals surface area contributed by atoms with E-state index < -0.39 is 5.82 Å². The third-order valence-electron chi connectivity index (χ3n) is 2.65. The van der Waals surface area contributed by atoms with Crippen molar-refractivity contribution in [1.82, 2.24) is 9.97 Å². The Hall–Kier alpha value is -2.05. The van der Waals surface area contributed by atoms with Gasteiger partial charge >= 0.3 is 0 Å². The monoisotopic (exact) mass is 262 g/mol. The Morgan fingerprint density at radius 3 is 2.84 bits per heavy atom. The van der Waals surface area contributed by atoms with Crippen molar-refractivity contribution in [1.29, 1.82) is 0 Å². The molecule has 6 heteroatoms. The molecule has 0 amide bonds. The van der Waals surface area contributed by atoms with E-state index in [4.69, 9.17) is 10.6 Å². The van der Waals surface area contributed by atoms with E-state index >= 15 is 0 Å². The van der Waals surface area contributed by atoms with Gasteiger partial charge in [-0.05, 0) is 18.6 Å². The number of hydrogen-bond acceptors (Lipinski definition) is 5. The molecule has 0 radical (unpaired) electrons. The van der Waals surface area contributed by atoms with Crippen LogP contribution in [0.4, 0.5) is 10.2 Å². The second kappa shape index (κ2) is 5.73. The van der Waals surface area contributed by atoms with Crippen molar-refractivity contribution < 1.29 is 9.13 Å². The molecule has 0 bridgehead atoms. The molecule has 3 N–H and O–H groups in total. The lowest BCUT2D eigenvalue weighted by atomic mass is 10.1. The minimum absolute atomic E-state index is 0.0142. The van der Waals surface area contributed by atoms with Crippen LogP contribution in [0.1, 0.15) is 11.3 Å². The number of rotatable bonds is 4. The lowest BCUT2D eigenvalue weighted by molar-refractivity contribution is 0.185. The second-order valence-corrected chi connectivity index (χ2v) is 4.07. The van der Waals surface area contributed by atoms with E-state index in [9.17, 15) is 4.39 Å². The average molecular weight is 262 g/mol. The number of nitrogens with two attached hydrogens (primary N) is 1. The van der Waals surface area contributed by atoms with Crippen LogP contribution < -0.4 is 11.3 Å². The molecule has 0 unspecified atom stereocenters. The number of aromatic nitrogens is 2. The normalized spacial score (nSPS) is 10.5. The highest BCUT2D eigenvalue weighted by molar-refractivity contribution is 5.58. The molecule has 5 nitrogen and oxygen atoms in total. The maximum Gasteiger partial charge on any atom is 0.187 e. The highest BCUT2D eigenvalue weighted by Crippen LogP contribution is 2.21. The quantitative estimate of drug-likeness (QED) is 0.651. The Balaban J connectivity index is 2.46. The predicted octanol–water partition coefficient (Wildman–Crippen LogP) is 2.02. The van der Waals surface area contributed by atoms with Crippen LogP contribution in [0.25, 0.3) is 11.4 Å². The van der Waals surface area contributed by atoms with Gasteiger partial charge < -0.3 is 10.2 Å². The predicted molar refractivity (Wildman–Crippen MR) is 70.7 cm³/mol. The molecule has 0 aliphatic carbocycles. The van der Waals surface area contributed by atoms with Crippen LogP contribution in [0, 0.1) is 12.7 Å². The van der Waals surface area contributed by atoms with Crippen molar-refractivity contribution in [3.63, 3.8) is 0 Å². The lowest BCUT2D eigenvalue weighted by Crippen LogP contribution is -2.13. The third-order valence-corrected chi connectivity index (χ3v) is 2.65. The Labute approximate surface area is 110 Å². The Morgan fingerprint density at radius 2 is 2.16 bits per heavy atom. The molecule has 1 aromatic heterocycles. The van der Waals surface area contributed by atoms with Crippen LogP contribution in [0.2, 0.25) is 0 Å². The SMILES string of the molecule is COCc1cccc(-c2nc(C)c(F)c(NN)n2)c1. The van der Waals surface area contributed by atoms with Gasteiger partial charge in [-0.1, -0.05) is 18.2 Å². The highest BCUT2D eigenvalue weighted by atomic mass is 19.1. The molecule has 0 saturated carbocycles. The van der Waals surface area contributed by atoms with Crippen molar-refractivity contribution in [2.24, 2.45) is 5.84 Å². The molecule has 0 spiro atoms. The van der Waals surface area contributed by atoms with Crippen molar-refractivity contribution in [3.8, 4) is 11.4 Å². The largest absolute Gasteiger partial charge is 0.380 e. The van der Waals surface area contributed by atoms with E-state index in [-0.39, 0.29) is 11.5 Å². The standard InChI is InChI=1S/C13H15FN4O/c1-8-11(14)13(18-15)17-12(16-8)10-5-3-4-9(6-10)7-19-2/h3-6H,7,15H2,1-2H3,(H,16,17,18). The third kappa shape index (κ3) is 2.86. The molecule has 2 aromatic rings. The summed E-state index contributed by atoms with van der Waals surface area (Å²) in [7, 11) is 1.63. The first-order chi connectivity index (χ1) is 9.15. The molecular formula is C13H15FN4O. The van der Waals surface area contributed by atoms with E-state index in [2.05, 4.69) is 15.4 Å². The molecule has 0 saturated heterocycles. The molecule has 19 heavy (non-hydrogen) atoms. The fraction of sp³-hybridized carbons (Fsp3) is 0.231. The van der Waals surface area contributed by atoms with Gasteiger partial charge in [0.2, 0.25) is 0 Å². The number of methoxy groups -OCH3 is 1. The molecule has 1 aromatic carbocycles. The fourth-order valence-corrected chi connectivity index (χ4v) is 1.75. The highest BCUT2D eigenvalue weighted by Gasteiger charge is 2.12. The van der Waals surface area contributed by atoms with Gasteiger partial charge in [0.05, 0.1) is 12.3 Å². The summed E-state index contributed by atoms with van der Waals surface area (Å²) in [6.45, 7) is 2.07. The van der Waals surface area contributed by atoms with E-state index in [1.165, 1.54) is 0 Å². The zero-order valence-electron chi connectivity index (χ0n) is 10.8. The molecule has 0 aliphatic heterocycles. The number of halogens is 1. The van der Waals surface area contributed by atoms with Gasteiger partial charge in [0.25, 0.3) is 0 Å². The van der Waals surface area contributed by atoms with Crippen LogP contribution in [0.3, 0.4) is 0 Å². The van der Waals surface area contributed by atoms with Gasteiger partial charge in [-0.15, -0.1) is 0 Å². The summed E-state index contributed by atoms with van der Waals surface area (Å²) in [6, 6.07) is 7.56. The number of nitrogen functional groups attached to an aromatic ring is 1. The summed E-state index contributed by atoms with van der Waals surface area (Å²) in [5, 5.41) is 0. The zero-order chi connectivity index (χ0) is 13.8. The number of benzene rings is 1. The summed E-state index contributed by atoms with van der Waals surface area (Å²) >= 11 is 0. The number of hydrogen-bond donors (Lipinski definition) is 2. The number of ether oxygens (including phenoxy) is 1. The van der Waals surface area contributed by atoms with Crippen LogP contribution in [-0.2, 0) is 11.3 Å². The van der Waals surface area contributed by atoms with E-state index in [1.807, 2.05) is 24.3 Å². The van der Waals surface area contributed by atoms with Crippen molar-refractivity contribution >= 4 is 5.82 Å². The van der Waals surface area contributed by atoms with Gasteiger partial charge in [-0.2, -0.15) is 0 Å². The van der Waals surface area contributed by atoms with E-state index in [0.29, 0.717) is 12.4 Å². The minimum Gasteiger partial charge on any atom is -0.380 e. The molecule has 0 atom stereocenters. The number of nitrogens with one attached hydrogen (secondary N) is 1. The van der Waals surface area contributed by atoms with Gasteiger partial charge in [-0.3, -0.25) is 0 Å². The van der Waals surface area contributed by atoms with Crippen LogP contribution in [0.15, 0.2) is 24.3 Å². The van der Waals surface area contributed by atoms with Gasteiger partial charge in [0.15, 0.2) is 17.5 Å². The average Bonchev–Trinajstić information content (AvgIpc) is 2.42. The van der Waals surface area contributed by atoms with Gasteiger partial charge in [0, 0.05) is 12.7 Å². The lowest BCUT2D eigenvalue weighted by Gasteiger charge is -2.08. The first-order valence-electron chi connectivity index (χ1n) is 5.74. The maximum absolute atomic E-state index is 13.6. The summed E-state index contributed by atoms with van der Waals surface area (Å²) in [5.74, 6) is 5.11. The summed E-state index contributed by atoms with van der Waals surface area (Å²) in [4.78, 5) is 8.19. The number of nitrogens with zero attached hydrogens (tertiary/aromatic N) is 2. The maximum atomic E-state index is 13.6. The smallest absolute Gasteiger partial charge is 0.187 e. The van der Waals surface area contributed by atoms with Crippen LogP contribution >= 0.6 is 0 Å². The number of hydrazine groups is 1. The zero-order valence-corrected chi connectivity index (χ0v) is 10.8. The number of aryl methyl sites for hydroxylation is 1. The molecule has 2 rings (SSSR count). The summed E-state index contributed by atoms with van der Waals surface area (Å²) < 4.78 is 18.7. The first kappa shape index (κ1) is 13.4. The Morgan fingerprint density at radius 1 is 1.37 bits per heavy atom. The Bertz CT molecular complexity index is 589. The Kier molecular flexibility index (Phi) is 4.03. The van der Waals surface area contributed by atoms with E-state index in [0.717, 1.165) is 11.1 Å². The fourth-order valence-electron chi connectivity index (χ4n) is 1.75. The van der Waals surface area contributed by atoms with Crippen molar-refractivity contribution in [2.75, 3.05) is 12.5 Å². The second-order valence-electron chi connectivity index (χ2n) is 4.07.